The van der Waals surface area contributed by atoms with E-state index in [1.54, 1.807) is 18.4 Å². The van der Waals surface area contributed by atoms with Crippen LogP contribution in [-0.4, -0.2) is 18.6 Å². The van der Waals surface area contributed by atoms with Gasteiger partial charge in [-0.15, -0.1) is 11.3 Å². The molecule has 114 valence electrons. The van der Waals surface area contributed by atoms with Crippen molar-refractivity contribution in [2.45, 2.75) is 39.7 Å². The Hall–Kier alpha value is -1.39. The van der Waals surface area contributed by atoms with Crippen molar-refractivity contribution >= 4 is 11.3 Å². The molecule has 0 aliphatic heterocycles. The summed E-state index contributed by atoms with van der Waals surface area (Å²) in [7, 11) is 1.69. The molecule has 0 aliphatic carbocycles. The van der Waals surface area contributed by atoms with Gasteiger partial charge in [0, 0.05) is 4.88 Å². The van der Waals surface area contributed by atoms with Crippen LogP contribution in [0.4, 0.5) is 0 Å². The molecule has 0 aliphatic rings. The van der Waals surface area contributed by atoms with Gasteiger partial charge in [0.05, 0.1) is 18.3 Å². The van der Waals surface area contributed by atoms with Gasteiger partial charge in [-0.1, -0.05) is 19.1 Å². The molecule has 0 radical (unpaired) electrons. The van der Waals surface area contributed by atoms with Gasteiger partial charge in [-0.3, -0.25) is 0 Å². The molecule has 1 aromatic carbocycles. The van der Waals surface area contributed by atoms with Gasteiger partial charge in [0.1, 0.15) is 10.8 Å². The summed E-state index contributed by atoms with van der Waals surface area (Å²) in [6.07, 6.45) is 0.914. The Morgan fingerprint density at radius 1 is 1.24 bits per heavy atom. The summed E-state index contributed by atoms with van der Waals surface area (Å²) in [4.78, 5) is 6.06. The maximum atomic E-state index is 5.22. The number of aromatic nitrogens is 1. The van der Waals surface area contributed by atoms with E-state index < -0.39 is 0 Å². The van der Waals surface area contributed by atoms with Crippen molar-refractivity contribution in [2.75, 3.05) is 13.7 Å². The van der Waals surface area contributed by atoms with Gasteiger partial charge in [-0.25, -0.2) is 4.98 Å². The number of rotatable bonds is 6. The Morgan fingerprint density at radius 2 is 1.90 bits per heavy atom. The molecular weight excluding hydrogens is 280 g/mol. The summed E-state index contributed by atoms with van der Waals surface area (Å²) < 4.78 is 5.22. The van der Waals surface area contributed by atoms with Gasteiger partial charge in [-0.2, -0.15) is 0 Å². The monoisotopic (exact) mass is 304 g/mol. The van der Waals surface area contributed by atoms with E-state index in [0.29, 0.717) is 0 Å². The first-order valence-corrected chi connectivity index (χ1v) is 8.12. The summed E-state index contributed by atoms with van der Waals surface area (Å²) in [5.41, 5.74) is 2.28. The van der Waals surface area contributed by atoms with E-state index in [0.717, 1.165) is 29.4 Å². The molecule has 1 aromatic heterocycles. The molecule has 2 aromatic rings. The largest absolute Gasteiger partial charge is 0.497 e. The predicted octanol–water partition coefficient (Wildman–Crippen LogP) is 3.84. The highest BCUT2D eigenvalue weighted by atomic mass is 32.1. The summed E-state index contributed by atoms with van der Waals surface area (Å²) in [5, 5.41) is 4.77. The zero-order chi connectivity index (χ0) is 15.5. The number of ether oxygens (including phenoxy) is 1. The number of likely N-dealkylation sites (N-methyl/N-ethyl adjacent to an activating group) is 1. The van der Waals surface area contributed by atoms with Gasteiger partial charge in [-0.05, 0) is 51.4 Å². The summed E-state index contributed by atoms with van der Waals surface area (Å²) in [5.74, 6) is 0.893. The molecule has 1 heterocycles. The normalized spacial score (nSPS) is 14.0. The fraction of sp³-hybridized carbons (Fsp3) is 0.471. The number of nitrogens with one attached hydrogen (secondary N) is 1. The standard InChI is InChI=1S/C17H24N2OS/c1-6-18-17(4,16-19-12(2)13(3)21-16)11-14-7-9-15(20-5)10-8-14/h7-10,18H,6,11H2,1-5H3. The molecule has 0 bridgehead atoms. The number of thiazole rings is 1. The van der Waals surface area contributed by atoms with Crippen LogP contribution >= 0.6 is 11.3 Å². The van der Waals surface area contributed by atoms with E-state index in [2.05, 4.69) is 45.1 Å². The lowest BCUT2D eigenvalue weighted by molar-refractivity contribution is 0.370. The number of benzene rings is 1. The zero-order valence-electron chi connectivity index (χ0n) is 13.5. The maximum Gasteiger partial charge on any atom is 0.118 e. The van der Waals surface area contributed by atoms with Crippen molar-refractivity contribution in [3.05, 3.63) is 45.4 Å². The van der Waals surface area contributed by atoms with Crippen LogP contribution in [0.5, 0.6) is 5.75 Å². The SMILES string of the molecule is CCNC(C)(Cc1ccc(OC)cc1)c1nc(C)c(C)s1. The third-order valence-corrected chi connectivity index (χ3v) is 5.12. The van der Waals surface area contributed by atoms with Crippen molar-refractivity contribution in [2.24, 2.45) is 0 Å². The van der Waals surface area contributed by atoms with Crippen molar-refractivity contribution in [1.82, 2.24) is 10.3 Å². The van der Waals surface area contributed by atoms with E-state index in [1.165, 1.54) is 10.4 Å². The lowest BCUT2D eigenvalue weighted by atomic mass is 9.93. The average molecular weight is 304 g/mol. The Morgan fingerprint density at radius 3 is 2.38 bits per heavy atom. The fourth-order valence-corrected chi connectivity index (χ4v) is 3.50. The lowest BCUT2D eigenvalue weighted by Gasteiger charge is -2.28. The van der Waals surface area contributed by atoms with Crippen molar-refractivity contribution in [1.29, 1.82) is 0 Å². The number of aryl methyl sites for hydroxylation is 2. The van der Waals surface area contributed by atoms with Crippen LogP contribution in [0.1, 0.15) is 35.0 Å². The maximum absolute atomic E-state index is 5.22. The summed E-state index contributed by atoms with van der Waals surface area (Å²) >= 11 is 1.79. The van der Waals surface area contributed by atoms with E-state index in [4.69, 9.17) is 9.72 Å². The minimum Gasteiger partial charge on any atom is -0.497 e. The molecule has 2 rings (SSSR count). The first-order chi connectivity index (χ1) is 9.98. The highest BCUT2D eigenvalue weighted by molar-refractivity contribution is 7.11. The smallest absolute Gasteiger partial charge is 0.118 e. The zero-order valence-corrected chi connectivity index (χ0v) is 14.3. The van der Waals surface area contributed by atoms with Gasteiger partial charge < -0.3 is 10.1 Å². The molecule has 0 amide bonds. The van der Waals surface area contributed by atoms with Crippen LogP contribution in [0.15, 0.2) is 24.3 Å². The van der Waals surface area contributed by atoms with Crippen LogP contribution in [0.25, 0.3) is 0 Å². The quantitative estimate of drug-likeness (QED) is 0.880. The van der Waals surface area contributed by atoms with Crippen molar-refractivity contribution < 1.29 is 4.74 Å². The Balaban J connectivity index is 2.28. The molecular formula is C17H24N2OS. The summed E-state index contributed by atoms with van der Waals surface area (Å²) in [6, 6.07) is 8.28. The van der Waals surface area contributed by atoms with Gasteiger partial charge in [0.25, 0.3) is 0 Å². The molecule has 0 fully saturated rings. The Kier molecular flexibility index (Phi) is 5.01. The second-order valence-electron chi connectivity index (χ2n) is 5.55. The molecule has 0 saturated carbocycles. The van der Waals surface area contributed by atoms with Crippen LogP contribution < -0.4 is 10.1 Å². The van der Waals surface area contributed by atoms with Crippen LogP contribution in [0.2, 0.25) is 0 Å². The number of methoxy groups -OCH3 is 1. The second kappa shape index (κ2) is 6.58. The molecule has 21 heavy (non-hydrogen) atoms. The third-order valence-electron chi connectivity index (χ3n) is 3.78. The highest BCUT2D eigenvalue weighted by Crippen LogP contribution is 2.31. The number of hydrogen-bond acceptors (Lipinski definition) is 4. The molecule has 4 heteroatoms. The second-order valence-corrected chi connectivity index (χ2v) is 6.75. The van der Waals surface area contributed by atoms with E-state index in [9.17, 15) is 0 Å². The minimum atomic E-state index is -0.132. The third kappa shape index (κ3) is 3.63. The van der Waals surface area contributed by atoms with Crippen molar-refractivity contribution in [3.8, 4) is 5.75 Å². The van der Waals surface area contributed by atoms with Crippen molar-refractivity contribution in [3.63, 3.8) is 0 Å². The fourth-order valence-electron chi connectivity index (χ4n) is 2.46. The molecule has 3 nitrogen and oxygen atoms in total. The lowest BCUT2D eigenvalue weighted by Crippen LogP contribution is -2.41. The first kappa shape index (κ1) is 16.0. The van der Waals surface area contributed by atoms with Gasteiger partial charge >= 0.3 is 0 Å². The molecule has 0 saturated heterocycles. The molecule has 1 N–H and O–H groups in total. The van der Waals surface area contributed by atoms with Gasteiger partial charge in [0.2, 0.25) is 0 Å². The first-order valence-electron chi connectivity index (χ1n) is 7.31. The summed E-state index contributed by atoms with van der Waals surface area (Å²) in [6.45, 7) is 9.51. The molecule has 0 spiro atoms. The Bertz CT molecular complexity index is 572. The number of nitrogens with zero attached hydrogens (tertiary/aromatic N) is 1. The average Bonchev–Trinajstić information content (AvgIpc) is 2.80. The molecule has 1 unspecified atom stereocenters. The van der Waals surface area contributed by atoms with Crippen LogP contribution in [-0.2, 0) is 12.0 Å². The molecule has 1 atom stereocenters. The van der Waals surface area contributed by atoms with E-state index in [-0.39, 0.29) is 5.54 Å². The Labute approximate surface area is 131 Å². The van der Waals surface area contributed by atoms with Gasteiger partial charge in [0.15, 0.2) is 0 Å². The highest BCUT2D eigenvalue weighted by Gasteiger charge is 2.29. The van der Waals surface area contributed by atoms with Crippen LogP contribution in [0, 0.1) is 13.8 Å². The number of hydrogen-bond donors (Lipinski definition) is 1. The van der Waals surface area contributed by atoms with E-state index in [1.807, 2.05) is 12.1 Å². The minimum absolute atomic E-state index is 0.132. The van der Waals surface area contributed by atoms with E-state index >= 15 is 0 Å². The predicted molar refractivity (Wildman–Crippen MR) is 89.3 cm³/mol. The van der Waals surface area contributed by atoms with Crippen LogP contribution in [0.3, 0.4) is 0 Å². The topological polar surface area (TPSA) is 34.1 Å².